The lowest BCUT2D eigenvalue weighted by Gasteiger charge is -2.02. The van der Waals surface area contributed by atoms with Crippen LogP contribution in [0.1, 0.15) is 0 Å². The molecule has 67 heavy (non-hydrogen) atoms. The van der Waals surface area contributed by atoms with E-state index in [1.807, 2.05) is 60.8 Å². The van der Waals surface area contributed by atoms with Gasteiger partial charge in [-0.1, -0.05) is 0 Å². The van der Waals surface area contributed by atoms with E-state index in [9.17, 15) is 19.7 Å². The SMILES string of the molecule is Cl.Cl.Nc1c[nH]c2cccnc12.O=C(Nc1c[nH]c2cccnc12)n1ccnc1.O=C(Nc1c[nH]c2cccnc12)n1ccnc1.O=[N+]([O-])c1c[nH]c2cccnc12.c1cnc2cc[nH]c2c1. The van der Waals surface area contributed by atoms with Crippen LogP contribution in [-0.2, 0) is 0 Å². The summed E-state index contributed by atoms with van der Waals surface area (Å²) in [7, 11) is 0. The molecule has 2 amide bonds. The summed E-state index contributed by atoms with van der Waals surface area (Å²) in [5.74, 6) is 0. The number of carbonyl (C=O) groups is 2. The van der Waals surface area contributed by atoms with Crippen LogP contribution in [0.25, 0.3) is 55.2 Å². The maximum absolute atomic E-state index is 11.8. The molecule has 0 radical (unpaired) electrons. The maximum Gasteiger partial charge on any atom is 0.331 e. The zero-order valence-electron chi connectivity index (χ0n) is 34.6. The van der Waals surface area contributed by atoms with E-state index in [0.29, 0.717) is 28.1 Å². The van der Waals surface area contributed by atoms with Gasteiger partial charge in [-0.25, -0.2) is 24.5 Å². The molecule has 0 unspecified atom stereocenters. The van der Waals surface area contributed by atoms with Gasteiger partial charge in [0, 0.05) is 80.6 Å². The third-order valence-electron chi connectivity index (χ3n) is 9.23. The average molecular weight is 942 g/mol. The number of hydrogen-bond acceptors (Lipinski definition) is 12. The Hall–Kier alpha value is -9.41. The lowest BCUT2D eigenvalue weighted by molar-refractivity contribution is -0.383. The van der Waals surface area contributed by atoms with Crippen LogP contribution in [0, 0.1) is 10.1 Å². The van der Waals surface area contributed by atoms with Crippen molar-refractivity contribution < 1.29 is 14.5 Å². The summed E-state index contributed by atoms with van der Waals surface area (Å²) >= 11 is 0. The van der Waals surface area contributed by atoms with Gasteiger partial charge < -0.3 is 41.3 Å². The standard InChI is InChI=1S/2C11H9N5O.C7H5N3O2.C7H7N3.C7H6N2.2ClH/c2*17-11(16-5-4-12-7-16)15-9-6-14-8-2-1-3-13-10(8)9;11-10(12)6-4-9-5-2-1-3-8-7(5)6;8-5-4-10-6-2-1-3-9-7(5)6;1-2-6-7(8-4-1)3-5-9-6;;/h2*1-7,14H,(H,15,17);1-4,9H;1-4,10H,8H2;1-5,9H;2*1H. The number of aromatic amines is 5. The fraction of sp³-hybridized carbons (Fsp3) is 0. The number of rotatable bonds is 3. The van der Waals surface area contributed by atoms with Gasteiger partial charge in [0.15, 0.2) is 5.52 Å². The second-order valence-corrected chi connectivity index (χ2v) is 13.4. The van der Waals surface area contributed by atoms with Crippen molar-refractivity contribution >= 4 is 115 Å². The molecule has 0 aliphatic carbocycles. The second kappa shape index (κ2) is 22.3. The smallest absolute Gasteiger partial charge is 0.331 e. The zero-order valence-corrected chi connectivity index (χ0v) is 36.2. The van der Waals surface area contributed by atoms with E-state index in [2.05, 4.69) is 70.4 Å². The number of nitrogens with two attached hydrogens (primary N) is 1. The fourth-order valence-corrected chi connectivity index (χ4v) is 6.16. The normalized spacial score (nSPS) is 10.1. The Bertz CT molecular complexity index is 3320. The Morgan fingerprint density at radius 3 is 1.45 bits per heavy atom. The summed E-state index contributed by atoms with van der Waals surface area (Å²) in [5.41, 5.74) is 15.9. The van der Waals surface area contributed by atoms with Crippen molar-refractivity contribution in [1.82, 2.24) is 68.9 Å². The summed E-state index contributed by atoms with van der Waals surface area (Å²) in [6.07, 6.45) is 26.0. The first-order valence-electron chi connectivity index (χ1n) is 19.4. The molecule has 0 aromatic carbocycles. The first kappa shape index (κ1) is 47.1. The van der Waals surface area contributed by atoms with Crippen LogP contribution in [0.2, 0.25) is 0 Å². The number of H-pyrrole nitrogens is 5. The van der Waals surface area contributed by atoms with Crippen molar-refractivity contribution in [2.45, 2.75) is 0 Å². The lowest BCUT2D eigenvalue weighted by atomic mass is 10.3. The quantitative estimate of drug-likeness (QED) is 0.0609. The monoisotopic (exact) mass is 940 g/mol. The first-order chi connectivity index (χ1) is 31.8. The van der Waals surface area contributed by atoms with Gasteiger partial charge in [0.2, 0.25) is 0 Å². The summed E-state index contributed by atoms with van der Waals surface area (Å²) in [4.78, 5) is 76.6. The molecule has 0 bridgehead atoms. The molecule has 12 aromatic heterocycles. The Labute approximate surface area is 389 Å². The van der Waals surface area contributed by atoms with E-state index >= 15 is 0 Å². The molecule has 24 heteroatoms. The molecular weight excluding hydrogens is 904 g/mol. The molecular formula is C43H38Cl2N18O4. The number of nitrogen functional groups attached to an aromatic ring is 1. The number of amides is 2. The van der Waals surface area contributed by atoms with Crippen molar-refractivity contribution in [2.24, 2.45) is 0 Å². The van der Waals surface area contributed by atoms with E-state index in [4.69, 9.17) is 5.73 Å². The van der Waals surface area contributed by atoms with Gasteiger partial charge in [-0.15, -0.1) is 24.8 Å². The van der Waals surface area contributed by atoms with E-state index in [1.165, 1.54) is 34.2 Å². The highest BCUT2D eigenvalue weighted by atomic mass is 35.5. The summed E-state index contributed by atoms with van der Waals surface area (Å²) in [6.45, 7) is 0. The molecule has 338 valence electrons. The van der Waals surface area contributed by atoms with Crippen LogP contribution in [0.4, 0.5) is 32.3 Å². The molecule has 0 saturated heterocycles. The molecule has 22 nitrogen and oxygen atoms in total. The van der Waals surface area contributed by atoms with E-state index in [-0.39, 0.29) is 42.6 Å². The third-order valence-corrected chi connectivity index (χ3v) is 9.23. The van der Waals surface area contributed by atoms with Crippen LogP contribution in [0.3, 0.4) is 0 Å². The Balaban J connectivity index is 0.000000140. The second-order valence-electron chi connectivity index (χ2n) is 13.4. The summed E-state index contributed by atoms with van der Waals surface area (Å²) in [6, 6.07) is 20.1. The Morgan fingerprint density at radius 2 is 0.970 bits per heavy atom. The number of nitrogens with one attached hydrogen (secondary N) is 7. The first-order valence-corrected chi connectivity index (χ1v) is 19.4. The van der Waals surface area contributed by atoms with Gasteiger partial charge in [0.1, 0.15) is 29.2 Å². The number of nitrogens with zero attached hydrogens (tertiary/aromatic N) is 10. The molecule has 0 fully saturated rings. The van der Waals surface area contributed by atoms with E-state index in [0.717, 1.165) is 44.1 Å². The molecule has 0 aliphatic heterocycles. The topological polar surface area (TPSA) is 306 Å². The molecule has 0 spiro atoms. The highest BCUT2D eigenvalue weighted by molar-refractivity contribution is 6.00. The van der Waals surface area contributed by atoms with Gasteiger partial charge in [-0.05, 0) is 66.7 Å². The zero-order chi connectivity index (χ0) is 45.0. The summed E-state index contributed by atoms with van der Waals surface area (Å²) in [5, 5.41) is 15.9. The van der Waals surface area contributed by atoms with E-state index < -0.39 is 4.92 Å². The molecule has 0 aliphatic rings. The highest BCUT2D eigenvalue weighted by Gasteiger charge is 2.14. The number of pyridine rings is 5. The minimum atomic E-state index is -0.453. The number of imidazole rings is 2. The van der Waals surface area contributed by atoms with Crippen molar-refractivity contribution in [3.05, 3.63) is 176 Å². The highest BCUT2D eigenvalue weighted by Crippen LogP contribution is 2.23. The average Bonchev–Trinajstić information content (AvgIpc) is 4.20. The fourth-order valence-electron chi connectivity index (χ4n) is 6.16. The molecule has 12 rings (SSSR count). The van der Waals surface area contributed by atoms with Gasteiger partial charge in [0.05, 0.1) is 61.3 Å². The third kappa shape index (κ3) is 11.4. The number of nitro groups is 1. The number of fused-ring (bicyclic) bond motifs is 5. The van der Waals surface area contributed by atoms with Crippen LogP contribution < -0.4 is 16.4 Å². The Morgan fingerprint density at radius 1 is 0.537 bits per heavy atom. The number of anilines is 3. The Kier molecular flexibility index (Phi) is 15.7. The number of aromatic nitrogens is 14. The number of carbonyl (C=O) groups excluding carboxylic acids is 2. The van der Waals surface area contributed by atoms with Crippen molar-refractivity contribution in [3.63, 3.8) is 0 Å². The van der Waals surface area contributed by atoms with Crippen molar-refractivity contribution in [3.8, 4) is 0 Å². The minimum Gasteiger partial charge on any atom is -0.396 e. The lowest BCUT2D eigenvalue weighted by Crippen LogP contribution is -2.17. The van der Waals surface area contributed by atoms with Gasteiger partial charge in [-0.2, -0.15) is 0 Å². The molecule has 12 heterocycles. The predicted molar refractivity (Wildman–Crippen MR) is 259 cm³/mol. The predicted octanol–water partition coefficient (Wildman–Crippen LogP) is 8.70. The van der Waals surface area contributed by atoms with Crippen LogP contribution in [-0.4, -0.2) is 85.9 Å². The molecule has 9 N–H and O–H groups in total. The van der Waals surface area contributed by atoms with Gasteiger partial charge in [-0.3, -0.25) is 39.2 Å². The van der Waals surface area contributed by atoms with Gasteiger partial charge >= 0.3 is 17.7 Å². The van der Waals surface area contributed by atoms with Crippen molar-refractivity contribution in [1.29, 1.82) is 0 Å². The van der Waals surface area contributed by atoms with Crippen molar-refractivity contribution in [2.75, 3.05) is 16.4 Å². The summed E-state index contributed by atoms with van der Waals surface area (Å²) < 4.78 is 2.73. The number of hydrogen-bond donors (Lipinski definition) is 8. The largest absolute Gasteiger partial charge is 0.396 e. The minimum absolute atomic E-state index is 0. The molecule has 0 saturated carbocycles. The molecule has 12 aromatic rings. The number of halogens is 2. The van der Waals surface area contributed by atoms with Crippen LogP contribution in [0.15, 0.2) is 166 Å². The van der Waals surface area contributed by atoms with E-state index in [1.54, 1.807) is 80.3 Å². The molecule has 0 atom stereocenters. The maximum atomic E-state index is 11.8. The van der Waals surface area contributed by atoms with Crippen LogP contribution >= 0.6 is 24.8 Å². The van der Waals surface area contributed by atoms with Crippen LogP contribution in [0.5, 0.6) is 0 Å². The van der Waals surface area contributed by atoms with Gasteiger partial charge in [0.25, 0.3) is 0 Å².